The van der Waals surface area contributed by atoms with E-state index in [1.165, 1.54) is 18.4 Å². The molecule has 0 radical (unpaired) electrons. The van der Waals surface area contributed by atoms with Crippen LogP contribution in [0.3, 0.4) is 0 Å². The van der Waals surface area contributed by atoms with Crippen LogP contribution in [0.4, 0.5) is 11.8 Å². The number of anilines is 2. The maximum absolute atomic E-state index is 12.2. The highest BCUT2D eigenvalue weighted by molar-refractivity contribution is 5.86. The summed E-state index contributed by atoms with van der Waals surface area (Å²) >= 11 is 0. The number of carbonyl (C=O) groups excluding carboxylic acids is 1. The summed E-state index contributed by atoms with van der Waals surface area (Å²) in [5.74, 6) is 1.41. The molecule has 2 atom stereocenters. The average Bonchev–Trinajstić information content (AvgIpc) is 2.80. The van der Waals surface area contributed by atoms with Gasteiger partial charge in [0, 0.05) is 6.04 Å². The van der Waals surface area contributed by atoms with Crippen LogP contribution in [-0.2, 0) is 11.3 Å². The molecule has 0 aliphatic carbocycles. The molecule has 1 saturated heterocycles. The average molecular weight is 436 g/mol. The Balaban J connectivity index is 1.54. The summed E-state index contributed by atoms with van der Waals surface area (Å²) in [5.41, 5.74) is 9.75. The molecule has 1 aromatic carbocycles. The van der Waals surface area contributed by atoms with E-state index in [4.69, 9.17) is 5.73 Å². The van der Waals surface area contributed by atoms with Gasteiger partial charge in [-0.1, -0.05) is 37.6 Å². The van der Waals surface area contributed by atoms with Crippen molar-refractivity contribution >= 4 is 24.3 Å². The maximum atomic E-state index is 12.2. The second-order valence-electron chi connectivity index (χ2n) is 8.75. The minimum Gasteiger partial charge on any atom is -0.368 e. The van der Waals surface area contributed by atoms with E-state index in [0.29, 0.717) is 24.0 Å². The summed E-state index contributed by atoms with van der Waals surface area (Å²) in [6.45, 7) is 6.92. The van der Waals surface area contributed by atoms with E-state index in [1.54, 1.807) is 11.2 Å². The lowest BCUT2D eigenvalue weighted by atomic mass is 9.90. The van der Waals surface area contributed by atoms with Crippen LogP contribution in [0, 0.1) is 0 Å². The standard InChI is InChI=1S/C24H33N7O/c1-3-4-16(2)28-23-22-20(29-24(25)30-23)13-27-31(21(22)15-32)14-17-5-7-18(8-6-17)19-9-11-26-12-10-19/h5-8,13,15-16,19,21,26H,3-4,9-12,14H2,1-2H3,(H3,25,28,29,30)/t16?,21-/m0/s1. The van der Waals surface area contributed by atoms with Gasteiger partial charge in [-0.05, 0) is 56.3 Å². The largest absolute Gasteiger partial charge is 0.368 e. The maximum Gasteiger partial charge on any atom is 0.222 e. The van der Waals surface area contributed by atoms with Crippen LogP contribution in [0.15, 0.2) is 29.4 Å². The number of benzene rings is 1. The molecule has 2 aromatic rings. The summed E-state index contributed by atoms with van der Waals surface area (Å²) in [4.78, 5) is 20.9. The van der Waals surface area contributed by atoms with Crippen LogP contribution >= 0.6 is 0 Å². The minimum atomic E-state index is -0.573. The summed E-state index contributed by atoms with van der Waals surface area (Å²) in [6, 6.07) is 8.35. The first-order chi connectivity index (χ1) is 15.6. The SMILES string of the molecule is CCCC(C)Nc1nc(N)nc2c1[C@H](C=O)N(Cc1ccc(C3CCNCC3)cc1)N=C2. The summed E-state index contributed by atoms with van der Waals surface area (Å²) in [6.07, 6.45) is 6.98. The number of carbonyl (C=O) groups is 1. The highest BCUT2D eigenvalue weighted by Gasteiger charge is 2.30. The summed E-state index contributed by atoms with van der Waals surface area (Å²) in [5, 5.41) is 13.2. The third-order valence-corrected chi connectivity index (χ3v) is 6.31. The quantitative estimate of drug-likeness (QED) is 0.546. The van der Waals surface area contributed by atoms with Crippen molar-refractivity contribution in [3.63, 3.8) is 0 Å². The van der Waals surface area contributed by atoms with Crippen molar-refractivity contribution in [2.24, 2.45) is 5.10 Å². The molecule has 4 rings (SSSR count). The normalized spacial score (nSPS) is 19.4. The molecule has 1 unspecified atom stereocenters. The van der Waals surface area contributed by atoms with Crippen LogP contribution in [0.5, 0.6) is 0 Å². The lowest BCUT2D eigenvalue weighted by molar-refractivity contribution is -0.112. The van der Waals surface area contributed by atoms with Gasteiger partial charge >= 0.3 is 0 Å². The van der Waals surface area contributed by atoms with Crippen molar-refractivity contribution in [1.29, 1.82) is 0 Å². The number of nitrogens with zero attached hydrogens (tertiary/aromatic N) is 4. The highest BCUT2D eigenvalue weighted by Crippen LogP contribution is 2.33. The fourth-order valence-electron chi connectivity index (χ4n) is 4.61. The van der Waals surface area contributed by atoms with Crippen molar-refractivity contribution in [2.45, 2.75) is 64.1 Å². The van der Waals surface area contributed by atoms with Gasteiger partial charge in [-0.25, -0.2) is 4.98 Å². The summed E-state index contributed by atoms with van der Waals surface area (Å²) in [7, 11) is 0. The zero-order valence-electron chi connectivity index (χ0n) is 18.9. The Hall–Kier alpha value is -3.00. The number of nitrogens with two attached hydrogens (primary N) is 1. The van der Waals surface area contributed by atoms with Crippen LogP contribution in [0.25, 0.3) is 0 Å². The smallest absolute Gasteiger partial charge is 0.222 e. The number of hydrogen-bond donors (Lipinski definition) is 3. The fourth-order valence-corrected chi connectivity index (χ4v) is 4.61. The third kappa shape index (κ3) is 4.91. The number of fused-ring (bicyclic) bond motifs is 1. The van der Waals surface area contributed by atoms with Gasteiger partial charge in [0.1, 0.15) is 18.1 Å². The van der Waals surface area contributed by atoms with Gasteiger partial charge in [-0.15, -0.1) is 0 Å². The van der Waals surface area contributed by atoms with Crippen LogP contribution < -0.4 is 16.4 Å². The Morgan fingerprint density at radius 1 is 1.25 bits per heavy atom. The van der Waals surface area contributed by atoms with E-state index in [1.807, 2.05) is 0 Å². The Morgan fingerprint density at radius 3 is 2.69 bits per heavy atom. The van der Waals surface area contributed by atoms with Gasteiger partial charge in [0.05, 0.1) is 24.0 Å². The molecule has 1 aromatic heterocycles. The minimum absolute atomic E-state index is 0.174. The predicted octanol–water partition coefficient (Wildman–Crippen LogP) is 3.22. The third-order valence-electron chi connectivity index (χ3n) is 6.31. The van der Waals surface area contributed by atoms with Crippen molar-refractivity contribution in [3.8, 4) is 0 Å². The molecule has 1 fully saturated rings. The van der Waals surface area contributed by atoms with Crippen molar-refractivity contribution in [3.05, 3.63) is 46.6 Å². The Labute approximate surface area is 189 Å². The Morgan fingerprint density at radius 2 is 2.00 bits per heavy atom. The first kappa shape index (κ1) is 22.2. The Kier molecular flexibility index (Phi) is 6.99. The Bertz CT molecular complexity index is 954. The van der Waals surface area contributed by atoms with E-state index >= 15 is 0 Å². The number of aromatic nitrogens is 2. The molecular formula is C24H33N7O. The van der Waals surface area contributed by atoms with Gasteiger partial charge in [0.25, 0.3) is 0 Å². The first-order valence-corrected chi connectivity index (χ1v) is 11.6. The van der Waals surface area contributed by atoms with Gasteiger partial charge in [0.2, 0.25) is 5.95 Å². The number of hydrazone groups is 1. The van der Waals surface area contributed by atoms with Gasteiger partial charge in [0.15, 0.2) is 0 Å². The van der Waals surface area contributed by atoms with Crippen LogP contribution in [-0.4, -0.2) is 46.6 Å². The van der Waals surface area contributed by atoms with E-state index in [-0.39, 0.29) is 12.0 Å². The number of piperidine rings is 1. The van der Waals surface area contributed by atoms with Gasteiger partial charge in [-0.3, -0.25) is 5.01 Å². The lowest BCUT2D eigenvalue weighted by Crippen LogP contribution is -2.32. The molecule has 170 valence electrons. The molecule has 4 N–H and O–H groups in total. The predicted molar refractivity (Wildman–Crippen MR) is 128 cm³/mol. The molecule has 0 spiro atoms. The molecule has 2 aliphatic rings. The highest BCUT2D eigenvalue weighted by atomic mass is 16.1. The fraction of sp³-hybridized carbons (Fsp3) is 0.500. The topological polar surface area (TPSA) is 109 Å². The second kappa shape index (κ2) is 10.1. The van der Waals surface area contributed by atoms with Crippen molar-refractivity contribution < 1.29 is 4.79 Å². The van der Waals surface area contributed by atoms with E-state index < -0.39 is 6.04 Å². The van der Waals surface area contributed by atoms with Gasteiger partial charge in [-0.2, -0.15) is 10.1 Å². The van der Waals surface area contributed by atoms with Gasteiger partial charge < -0.3 is 21.2 Å². The zero-order valence-corrected chi connectivity index (χ0v) is 18.9. The number of aldehydes is 1. The molecule has 8 nitrogen and oxygen atoms in total. The number of rotatable bonds is 8. The monoisotopic (exact) mass is 435 g/mol. The van der Waals surface area contributed by atoms with Crippen LogP contribution in [0.2, 0.25) is 0 Å². The van der Waals surface area contributed by atoms with E-state index in [9.17, 15) is 4.79 Å². The second-order valence-corrected chi connectivity index (χ2v) is 8.75. The lowest BCUT2D eigenvalue weighted by Gasteiger charge is -2.31. The van der Waals surface area contributed by atoms with E-state index in [2.05, 4.69) is 63.8 Å². The summed E-state index contributed by atoms with van der Waals surface area (Å²) < 4.78 is 0. The van der Waals surface area contributed by atoms with Crippen molar-refractivity contribution in [1.82, 2.24) is 20.3 Å². The molecule has 2 aliphatic heterocycles. The first-order valence-electron chi connectivity index (χ1n) is 11.6. The molecule has 0 amide bonds. The molecule has 8 heteroatoms. The molecule has 32 heavy (non-hydrogen) atoms. The molecule has 3 heterocycles. The molecule has 0 saturated carbocycles. The number of hydrogen-bond acceptors (Lipinski definition) is 8. The molecular weight excluding hydrogens is 402 g/mol. The van der Waals surface area contributed by atoms with Crippen molar-refractivity contribution in [2.75, 3.05) is 24.1 Å². The zero-order chi connectivity index (χ0) is 22.5. The number of nitrogens with one attached hydrogen (secondary N) is 2. The van der Waals surface area contributed by atoms with Crippen LogP contribution in [0.1, 0.15) is 73.9 Å². The number of nitrogen functional groups attached to an aromatic ring is 1. The molecule has 0 bridgehead atoms. The van der Waals surface area contributed by atoms with E-state index in [0.717, 1.165) is 43.3 Å².